The van der Waals surface area contributed by atoms with Gasteiger partial charge in [0.1, 0.15) is 11.6 Å². The highest BCUT2D eigenvalue weighted by Crippen LogP contribution is 2.17. The van der Waals surface area contributed by atoms with E-state index in [2.05, 4.69) is 22.0 Å². The van der Waals surface area contributed by atoms with Crippen molar-refractivity contribution < 1.29 is 13.9 Å². The van der Waals surface area contributed by atoms with Crippen LogP contribution in [0.1, 0.15) is 12.5 Å². The van der Waals surface area contributed by atoms with Gasteiger partial charge in [0.2, 0.25) is 0 Å². The number of hydrogen-bond donors (Lipinski definition) is 2. The molecule has 0 spiro atoms. The molecule has 2 aromatic carbocycles. The van der Waals surface area contributed by atoms with Crippen LogP contribution in [0.5, 0.6) is 5.75 Å². The summed E-state index contributed by atoms with van der Waals surface area (Å²) in [4.78, 5) is 20.1. The van der Waals surface area contributed by atoms with Crippen molar-refractivity contribution in [3.63, 3.8) is 0 Å². The Morgan fingerprint density at radius 2 is 1.77 bits per heavy atom. The summed E-state index contributed by atoms with van der Waals surface area (Å²) >= 11 is 0. The number of piperazine rings is 1. The van der Waals surface area contributed by atoms with Crippen molar-refractivity contribution in [2.45, 2.75) is 13.3 Å². The second-order valence-corrected chi connectivity index (χ2v) is 7.34. The van der Waals surface area contributed by atoms with Gasteiger partial charge in [-0.25, -0.2) is 4.39 Å². The standard InChI is InChI=1S/C23H30FN5O2/c1-2-26-23(27-12-11-18-3-9-21(10-4-18)31-17-22(25)30)29-15-13-28(14-16-29)20-7-5-19(24)6-8-20/h3-10H,2,11-17H2,1H3,(H2,25,30)(H,26,27). The van der Waals surface area contributed by atoms with Crippen molar-refractivity contribution in [1.82, 2.24) is 10.2 Å². The molecule has 1 amide bonds. The molecule has 8 heteroatoms. The maximum absolute atomic E-state index is 13.2. The molecule has 0 aliphatic carbocycles. The molecule has 0 bridgehead atoms. The minimum atomic E-state index is -0.493. The normalized spacial score (nSPS) is 14.5. The number of nitrogens with one attached hydrogen (secondary N) is 1. The van der Waals surface area contributed by atoms with Crippen LogP contribution < -0.4 is 20.7 Å². The summed E-state index contributed by atoms with van der Waals surface area (Å²) in [5.41, 5.74) is 7.28. The predicted molar refractivity (Wildman–Crippen MR) is 121 cm³/mol. The second-order valence-electron chi connectivity index (χ2n) is 7.34. The molecule has 1 aliphatic rings. The van der Waals surface area contributed by atoms with Gasteiger partial charge >= 0.3 is 0 Å². The Labute approximate surface area is 182 Å². The van der Waals surface area contributed by atoms with Gasteiger partial charge in [0.05, 0.1) is 0 Å². The van der Waals surface area contributed by atoms with Gasteiger partial charge in [-0.3, -0.25) is 9.79 Å². The zero-order valence-corrected chi connectivity index (χ0v) is 17.9. The second kappa shape index (κ2) is 11.2. The van der Waals surface area contributed by atoms with Crippen LogP contribution in [0.3, 0.4) is 0 Å². The largest absolute Gasteiger partial charge is 0.484 e. The summed E-state index contributed by atoms with van der Waals surface area (Å²) in [5.74, 6) is 0.839. The summed E-state index contributed by atoms with van der Waals surface area (Å²) in [6.45, 7) is 6.86. The lowest BCUT2D eigenvalue weighted by Crippen LogP contribution is -2.52. The average Bonchev–Trinajstić information content (AvgIpc) is 2.78. The average molecular weight is 428 g/mol. The van der Waals surface area contributed by atoms with E-state index in [-0.39, 0.29) is 12.4 Å². The van der Waals surface area contributed by atoms with E-state index in [0.717, 1.165) is 56.4 Å². The quantitative estimate of drug-likeness (QED) is 0.498. The van der Waals surface area contributed by atoms with E-state index in [0.29, 0.717) is 12.3 Å². The zero-order valence-electron chi connectivity index (χ0n) is 17.9. The first-order valence-corrected chi connectivity index (χ1v) is 10.6. The Morgan fingerprint density at radius 3 is 2.39 bits per heavy atom. The van der Waals surface area contributed by atoms with Crippen molar-refractivity contribution in [3.8, 4) is 5.75 Å². The van der Waals surface area contributed by atoms with Crippen LogP contribution in [-0.4, -0.2) is 62.6 Å². The number of benzene rings is 2. The molecule has 7 nitrogen and oxygen atoms in total. The van der Waals surface area contributed by atoms with Crippen LogP contribution in [0.2, 0.25) is 0 Å². The highest BCUT2D eigenvalue weighted by atomic mass is 19.1. The first-order chi connectivity index (χ1) is 15.0. The minimum absolute atomic E-state index is 0.121. The molecule has 3 rings (SSSR count). The maximum Gasteiger partial charge on any atom is 0.255 e. The number of anilines is 1. The van der Waals surface area contributed by atoms with Crippen LogP contribution in [0.25, 0.3) is 0 Å². The third-order valence-corrected chi connectivity index (χ3v) is 5.07. The summed E-state index contributed by atoms with van der Waals surface area (Å²) in [7, 11) is 0. The molecule has 1 saturated heterocycles. The van der Waals surface area contributed by atoms with Gasteiger partial charge in [-0.2, -0.15) is 0 Å². The number of ether oxygens (including phenoxy) is 1. The van der Waals surface area contributed by atoms with Crippen molar-refractivity contribution in [2.24, 2.45) is 10.7 Å². The van der Waals surface area contributed by atoms with Gasteiger partial charge in [0.25, 0.3) is 5.91 Å². The van der Waals surface area contributed by atoms with Crippen LogP contribution in [0, 0.1) is 5.82 Å². The monoisotopic (exact) mass is 427 g/mol. The zero-order chi connectivity index (χ0) is 22.1. The first kappa shape index (κ1) is 22.4. The summed E-state index contributed by atoms with van der Waals surface area (Å²) < 4.78 is 18.4. The maximum atomic E-state index is 13.2. The van der Waals surface area contributed by atoms with E-state index >= 15 is 0 Å². The van der Waals surface area contributed by atoms with Gasteiger partial charge in [0, 0.05) is 45.0 Å². The fourth-order valence-electron chi connectivity index (χ4n) is 3.45. The molecule has 0 unspecified atom stereocenters. The number of halogens is 1. The summed E-state index contributed by atoms with van der Waals surface area (Å²) in [6.07, 6.45) is 0.806. The van der Waals surface area contributed by atoms with Crippen LogP contribution >= 0.6 is 0 Å². The number of carbonyl (C=O) groups is 1. The lowest BCUT2D eigenvalue weighted by atomic mass is 10.1. The lowest BCUT2D eigenvalue weighted by molar-refractivity contribution is -0.119. The topological polar surface area (TPSA) is 83.2 Å². The lowest BCUT2D eigenvalue weighted by Gasteiger charge is -2.37. The fourth-order valence-corrected chi connectivity index (χ4v) is 3.45. The highest BCUT2D eigenvalue weighted by molar-refractivity contribution is 5.80. The van der Waals surface area contributed by atoms with E-state index in [1.54, 1.807) is 0 Å². The Morgan fingerprint density at radius 1 is 1.10 bits per heavy atom. The van der Waals surface area contributed by atoms with Crippen molar-refractivity contribution in [1.29, 1.82) is 0 Å². The Balaban J connectivity index is 1.51. The number of aliphatic imine (C=N–C) groups is 1. The Kier molecular flexibility index (Phi) is 8.09. The molecular formula is C23H30FN5O2. The van der Waals surface area contributed by atoms with E-state index < -0.39 is 5.91 Å². The minimum Gasteiger partial charge on any atom is -0.484 e. The molecule has 2 aromatic rings. The molecule has 31 heavy (non-hydrogen) atoms. The number of nitrogens with zero attached hydrogens (tertiary/aromatic N) is 3. The number of nitrogens with two attached hydrogens (primary N) is 1. The number of carbonyl (C=O) groups excluding carboxylic acids is 1. The predicted octanol–water partition coefficient (Wildman–Crippen LogP) is 2.02. The Hall–Kier alpha value is -3.29. The molecule has 0 atom stereocenters. The number of primary amides is 1. The van der Waals surface area contributed by atoms with E-state index in [9.17, 15) is 9.18 Å². The Bertz CT molecular complexity index is 863. The number of hydrogen-bond acceptors (Lipinski definition) is 4. The first-order valence-electron chi connectivity index (χ1n) is 10.6. The van der Waals surface area contributed by atoms with E-state index in [4.69, 9.17) is 15.5 Å². The number of rotatable bonds is 8. The third-order valence-electron chi connectivity index (χ3n) is 5.07. The number of amides is 1. The third kappa shape index (κ3) is 6.87. The van der Waals surface area contributed by atoms with E-state index in [1.165, 1.54) is 12.1 Å². The van der Waals surface area contributed by atoms with Crippen LogP contribution in [0.15, 0.2) is 53.5 Å². The van der Waals surface area contributed by atoms with Gasteiger partial charge in [-0.1, -0.05) is 12.1 Å². The number of guanidine groups is 1. The molecule has 0 saturated carbocycles. The van der Waals surface area contributed by atoms with Crippen molar-refractivity contribution in [3.05, 3.63) is 59.9 Å². The fraction of sp³-hybridized carbons (Fsp3) is 0.391. The van der Waals surface area contributed by atoms with Gasteiger partial charge in [-0.15, -0.1) is 0 Å². The van der Waals surface area contributed by atoms with Crippen LogP contribution in [-0.2, 0) is 11.2 Å². The van der Waals surface area contributed by atoms with E-state index in [1.807, 2.05) is 36.4 Å². The molecule has 0 aromatic heterocycles. The molecule has 1 fully saturated rings. The molecule has 1 heterocycles. The highest BCUT2D eigenvalue weighted by Gasteiger charge is 2.19. The van der Waals surface area contributed by atoms with Crippen molar-refractivity contribution >= 4 is 17.6 Å². The SMILES string of the molecule is CCNC(=NCCc1ccc(OCC(N)=O)cc1)N1CCN(c2ccc(F)cc2)CC1. The van der Waals surface area contributed by atoms with Gasteiger partial charge in [-0.05, 0) is 55.3 Å². The van der Waals surface area contributed by atoms with Gasteiger partial charge < -0.3 is 25.6 Å². The smallest absolute Gasteiger partial charge is 0.255 e. The van der Waals surface area contributed by atoms with Crippen LogP contribution in [0.4, 0.5) is 10.1 Å². The van der Waals surface area contributed by atoms with Gasteiger partial charge in [0.15, 0.2) is 12.6 Å². The molecular weight excluding hydrogens is 397 g/mol. The molecule has 0 radical (unpaired) electrons. The summed E-state index contributed by atoms with van der Waals surface area (Å²) in [6, 6.07) is 14.3. The van der Waals surface area contributed by atoms with Crippen molar-refractivity contribution in [2.75, 3.05) is 50.8 Å². The molecule has 166 valence electrons. The molecule has 3 N–H and O–H groups in total. The molecule has 1 aliphatic heterocycles. The summed E-state index contributed by atoms with van der Waals surface area (Å²) in [5, 5.41) is 3.38.